The van der Waals surface area contributed by atoms with Crippen LogP contribution in [0.2, 0.25) is 0 Å². The van der Waals surface area contributed by atoms with E-state index in [0.717, 1.165) is 29.7 Å². The molecule has 1 aromatic heterocycles. The first kappa shape index (κ1) is 14.3. The van der Waals surface area contributed by atoms with Crippen molar-refractivity contribution in [3.05, 3.63) is 52.5 Å². The number of rotatable bonds is 6. The summed E-state index contributed by atoms with van der Waals surface area (Å²) in [5.41, 5.74) is 1.35. The number of imidazole rings is 1. The molecule has 0 aliphatic heterocycles. The lowest BCUT2D eigenvalue weighted by atomic mass is 10.0. The second kappa shape index (κ2) is 6.87. The van der Waals surface area contributed by atoms with Crippen molar-refractivity contribution in [3.8, 4) is 0 Å². The summed E-state index contributed by atoms with van der Waals surface area (Å²) in [7, 11) is 2.05. The van der Waals surface area contributed by atoms with Crippen LogP contribution in [0.5, 0.6) is 0 Å². The molecule has 1 unspecified atom stereocenters. The zero-order valence-corrected chi connectivity index (χ0v) is 13.0. The fourth-order valence-corrected chi connectivity index (χ4v) is 2.49. The van der Waals surface area contributed by atoms with E-state index in [1.807, 2.05) is 19.4 Å². The summed E-state index contributed by atoms with van der Waals surface area (Å²) >= 11 is 3.47. The van der Waals surface area contributed by atoms with Gasteiger partial charge in [0, 0.05) is 36.4 Å². The second-order valence-corrected chi connectivity index (χ2v) is 5.66. The molecule has 0 amide bonds. The molecule has 1 heterocycles. The number of nitrogens with zero attached hydrogens (tertiary/aromatic N) is 2. The van der Waals surface area contributed by atoms with E-state index >= 15 is 0 Å². The first-order valence-corrected chi connectivity index (χ1v) is 7.42. The third kappa shape index (κ3) is 4.18. The van der Waals surface area contributed by atoms with Crippen LogP contribution in [0.25, 0.3) is 0 Å². The van der Waals surface area contributed by atoms with E-state index < -0.39 is 0 Å². The highest BCUT2D eigenvalue weighted by atomic mass is 79.9. The molecule has 0 fully saturated rings. The molecule has 0 bridgehead atoms. The number of aromatic nitrogens is 2. The number of hydrogen-bond donors (Lipinski definition) is 1. The number of benzene rings is 1. The molecule has 2 aromatic rings. The highest BCUT2D eigenvalue weighted by Crippen LogP contribution is 2.13. The van der Waals surface area contributed by atoms with Crippen LogP contribution >= 0.6 is 15.9 Å². The van der Waals surface area contributed by atoms with Crippen molar-refractivity contribution in [2.45, 2.75) is 25.8 Å². The van der Waals surface area contributed by atoms with Crippen LogP contribution in [0, 0.1) is 0 Å². The molecule has 4 heteroatoms. The molecule has 1 N–H and O–H groups in total. The topological polar surface area (TPSA) is 29.9 Å². The Labute approximate surface area is 123 Å². The van der Waals surface area contributed by atoms with E-state index in [4.69, 9.17) is 0 Å². The predicted molar refractivity (Wildman–Crippen MR) is 82.2 cm³/mol. The Morgan fingerprint density at radius 3 is 2.58 bits per heavy atom. The summed E-state index contributed by atoms with van der Waals surface area (Å²) in [4.78, 5) is 4.41. The molecule has 0 saturated carbocycles. The number of aryl methyl sites for hydroxylation is 1. The third-order valence-electron chi connectivity index (χ3n) is 3.24. The molecule has 0 aliphatic carbocycles. The molecule has 0 radical (unpaired) electrons. The van der Waals surface area contributed by atoms with Crippen LogP contribution < -0.4 is 5.32 Å². The minimum atomic E-state index is 0.423. The normalized spacial score (nSPS) is 12.6. The fourth-order valence-electron chi connectivity index (χ4n) is 2.22. The average molecular weight is 322 g/mol. The molecule has 1 atom stereocenters. The minimum Gasteiger partial charge on any atom is -0.338 e. The number of hydrogen-bond acceptors (Lipinski definition) is 2. The van der Waals surface area contributed by atoms with Crippen LogP contribution in [0.3, 0.4) is 0 Å². The largest absolute Gasteiger partial charge is 0.338 e. The highest BCUT2D eigenvalue weighted by Gasteiger charge is 2.12. The minimum absolute atomic E-state index is 0.423. The van der Waals surface area contributed by atoms with Crippen LogP contribution in [0.1, 0.15) is 18.3 Å². The summed E-state index contributed by atoms with van der Waals surface area (Å²) in [5.74, 6) is 1.13. The van der Waals surface area contributed by atoms with E-state index in [1.54, 1.807) is 0 Å². The Bertz CT molecular complexity index is 504. The lowest BCUT2D eigenvalue weighted by Crippen LogP contribution is -2.33. The van der Waals surface area contributed by atoms with Crippen molar-refractivity contribution in [3.63, 3.8) is 0 Å². The molecule has 0 saturated heterocycles. The van der Waals surface area contributed by atoms with E-state index in [1.165, 1.54) is 5.56 Å². The highest BCUT2D eigenvalue weighted by molar-refractivity contribution is 9.10. The van der Waals surface area contributed by atoms with Crippen molar-refractivity contribution in [2.24, 2.45) is 7.05 Å². The average Bonchev–Trinajstić information content (AvgIpc) is 2.78. The zero-order valence-electron chi connectivity index (χ0n) is 11.4. The van der Waals surface area contributed by atoms with E-state index in [-0.39, 0.29) is 0 Å². The van der Waals surface area contributed by atoms with Crippen LogP contribution in [-0.2, 0) is 19.9 Å². The van der Waals surface area contributed by atoms with Crippen molar-refractivity contribution in [2.75, 3.05) is 6.54 Å². The Balaban J connectivity index is 2.03. The Morgan fingerprint density at radius 2 is 2.00 bits per heavy atom. The van der Waals surface area contributed by atoms with Gasteiger partial charge in [0.25, 0.3) is 0 Å². The Morgan fingerprint density at radius 1 is 1.26 bits per heavy atom. The zero-order chi connectivity index (χ0) is 13.7. The van der Waals surface area contributed by atoms with E-state index in [2.05, 4.69) is 62.0 Å². The number of halogens is 1. The van der Waals surface area contributed by atoms with Gasteiger partial charge in [-0.3, -0.25) is 0 Å². The second-order valence-electron chi connectivity index (χ2n) is 4.74. The van der Waals surface area contributed by atoms with Crippen molar-refractivity contribution in [1.29, 1.82) is 0 Å². The third-order valence-corrected chi connectivity index (χ3v) is 3.77. The quantitative estimate of drug-likeness (QED) is 0.886. The summed E-state index contributed by atoms with van der Waals surface area (Å²) in [6, 6.07) is 8.96. The maximum absolute atomic E-state index is 4.41. The molecule has 3 nitrogen and oxygen atoms in total. The molecule has 19 heavy (non-hydrogen) atoms. The van der Waals surface area contributed by atoms with Crippen LogP contribution in [0.15, 0.2) is 41.1 Å². The molecule has 102 valence electrons. The standard InChI is InChI=1S/C15H20BrN3/c1-3-17-14(11-15-18-8-9-19(15)2)10-12-4-6-13(16)7-5-12/h4-9,14,17H,3,10-11H2,1-2H3. The van der Waals surface area contributed by atoms with Gasteiger partial charge in [-0.15, -0.1) is 0 Å². The van der Waals surface area contributed by atoms with Gasteiger partial charge in [-0.2, -0.15) is 0 Å². The molecule has 0 spiro atoms. The van der Waals surface area contributed by atoms with Crippen LogP contribution in [0.4, 0.5) is 0 Å². The van der Waals surface area contributed by atoms with Gasteiger partial charge >= 0.3 is 0 Å². The molecule has 1 aromatic carbocycles. The van der Waals surface area contributed by atoms with Gasteiger partial charge in [-0.1, -0.05) is 35.0 Å². The lowest BCUT2D eigenvalue weighted by Gasteiger charge is -2.18. The first-order chi connectivity index (χ1) is 9.19. The van der Waals surface area contributed by atoms with Crippen LogP contribution in [-0.4, -0.2) is 22.1 Å². The Hall–Kier alpha value is -1.13. The molecule has 0 aliphatic rings. The fraction of sp³-hybridized carbons (Fsp3) is 0.400. The molecule has 2 rings (SSSR count). The predicted octanol–water partition coefficient (Wildman–Crippen LogP) is 2.95. The number of likely N-dealkylation sites (N-methyl/N-ethyl adjacent to an activating group) is 1. The molecular formula is C15H20BrN3. The van der Waals surface area contributed by atoms with Gasteiger partial charge in [0.1, 0.15) is 5.82 Å². The monoisotopic (exact) mass is 321 g/mol. The van der Waals surface area contributed by atoms with Crippen molar-refractivity contribution < 1.29 is 0 Å². The van der Waals surface area contributed by atoms with Crippen molar-refractivity contribution >= 4 is 15.9 Å². The summed E-state index contributed by atoms with van der Waals surface area (Å²) in [6.07, 6.45) is 5.83. The van der Waals surface area contributed by atoms with Gasteiger partial charge < -0.3 is 9.88 Å². The maximum Gasteiger partial charge on any atom is 0.109 e. The van der Waals surface area contributed by atoms with Crippen molar-refractivity contribution in [1.82, 2.24) is 14.9 Å². The van der Waals surface area contributed by atoms with Gasteiger partial charge in [0.15, 0.2) is 0 Å². The van der Waals surface area contributed by atoms with E-state index in [9.17, 15) is 0 Å². The SMILES string of the molecule is CCNC(Cc1ccc(Br)cc1)Cc1nccn1C. The van der Waals surface area contributed by atoms with Gasteiger partial charge in [-0.05, 0) is 30.7 Å². The smallest absolute Gasteiger partial charge is 0.109 e. The Kier molecular flexibility index (Phi) is 5.16. The van der Waals surface area contributed by atoms with Gasteiger partial charge in [0.05, 0.1) is 0 Å². The van der Waals surface area contributed by atoms with Gasteiger partial charge in [0.2, 0.25) is 0 Å². The number of nitrogens with one attached hydrogen (secondary N) is 1. The maximum atomic E-state index is 4.41. The lowest BCUT2D eigenvalue weighted by molar-refractivity contribution is 0.504. The summed E-state index contributed by atoms with van der Waals surface area (Å²) < 4.78 is 3.21. The molecular weight excluding hydrogens is 302 g/mol. The van der Waals surface area contributed by atoms with Gasteiger partial charge in [-0.25, -0.2) is 4.98 Å². The summed E-state index contributed by atoms with van der Waals surface area (Å²) in [5, 5.41) is 3.55. The first-order valence-electron chi connectivity index (χ1n) is 6.63. The summed E-state index contributed by atoms with van der Waals surface area (Å²) in [6.45, 7) is 3.12. The van der Waals surface area contributed by atoms with E-state index in [0.29, 0.717) is 6.04 Å².